The molecule has 1 atom stereocenters. The van der Waals surface area contributed by atoms with E-state index in [1.54, 1.807) is 18.2 Å². The monoisotopic (exact) mass is 478 g/mol. The second-order valence-corrected chi connectivity index (χ2v) is 9.55. The number of carbonyl (C=O) groups is 2. The normalized spacial score (nSPS) is 14.4. The Morgan fingerprint density at radius 3 is 2.72 bits per heavy atom. The van der Waals surface area contributed by atoms with Crippen LogP contribution < -0.4 is 15.1 Å². The lowest BCUT2D eigenvalue weighted by molar-refractivity contribution is -0.899. The largest absolute Gasteiger partial charge is 0.352 e. The Kier molecular flexibility index (Phi) is 8.57. The summed E-state index contributed by atoms with van der Waals surface area (Å²) < 4.78 is 14.3. The van der Waals surface area contributed by atoms with Crippen molar-refractivity contribution in [3.05, 3.63) is 58.4 Å². The number of quaternary nitrogens is 1. The van der Waals surface area contributed by atoms with Crippen LogP contribution in [0.2, 0.25) is 5.02 Å². The summed E-state index contributed by atoms with van der Waals surface area (Å²) in [6, 6.07) is 9.80. The SMILES string of the molecule is CC[NH+](CC)CC(C)CNC(=O)c1ccc2c(c1)N(Cc1c(F)cccc1Cl)C(=O)CS2. The summed E-state index contributed by atoms with van der Waals surface area (Å²) in [5, 5.41) is 3.28. The molecular formula is C24H30ClFN3O2S+. The molecule has 1 unspecified atom stereocenters. The van der Waals surface area contributed by atoms with Gasteiger partial charge in [-0.3, -0.25) is 9.59 Å². The van der Waals surface area contributed by atoms with Crippen LogP contribution >= 0.6 is 23.4 Å². The topological polar surface area (TPSA) is 53.9 Å². The summed E-state index contributed by atoms with van der Waals surface area (Å²) >= 11 is 7.60. The molecule has 0 spiro atoms. The highest BCUT2D eigenvalue weighted by Crippen LogP contribution is 2.37. The van der Waals surface area contributed by atoms with Gasteiger partial charge in [-0.25, -0.2) is 4.39 Å². The Hall–Kier alpha value is -2.09. The number of benzene rings is 2. The van der Waals surface area contributed by atoms with Crippen LogP contribution in [0, 0.1) is 11.7 Å². The molecule has 172 valence electrons. The molecule has 2 amide bonds. The minimum absolute atomic E-state index is 0.0205. The second-order valence-electron chi connectivity index (χ2n) is 8.13. The van der Waals surface area contributed by atoms with Gasteiger partial charge in [-0.2, -0.15) is 0 Å². The summed E-state index contributed by atoms with van der Waals surface area (Å²) in [5.41, 5.74) is 1.35. The molecular weight excluding hydrogens is 449 g/mol. The molecule has 1 aliphatic rings. The maximum Gasteiger partial charge on any atom is 0.251 e. The van der Waals surface area contributed by atoms with Gasteiger partial charge in [0.1, 0.15) is 5.82 Å². The van der Waals surface area contributed by atoms with Crippen LogP contribution in [-0.4, -0.2) is 43.7 Å². The predicted octanol–water partition coefficient (Wildman–Crippen LogP) is 3.41. The van der Waals surface area contributed by atoms with E-state index in [9.17, 15) is 14.0 Å². The van der Waals surface area contributed by atoms with Crippen molar-refractivity contribution >= 4 is 40.9 Å². The van der Waals surface area contributed by atoms with E-state index in [2.05, 4.69) is 26.1 Å². The van der Waals surface area contributed by atoms with Gasteiger partial charge in [-0.15, -0.1) is 11.8 Å². The first-order valence-electron chi connectivity index (χ1n) is 11.0. The number of carbonyl (C=O) groups excluding carboxylic acids is 2. The van der Waals surface area contributed by atoms with Gasteiger partial charge in [0.15, 0.2) is 0 Å². The zero-order valence-corrected chi connectivity index (χ0v) is 20.3. The van der Waals surface area contributed by atoms with Crippen LogP contribution in [0.25, 0.3) is 0 Å². The number of rotatable bonds is 9. The van der Waals surface area contributed by atoms with Crippen LogP contribution in [-0.2, 0) is 11.3 Å². The number of anilines is 1. The van der Waals surface area contributed by atoms with E-state index in [0.29, 0.717) is 23.7 Å². The predicted molar refractivity (Wildman–Crippen MR) is 128 cm³/mol. The number of halogens is 2. The molecule has 0 saturated carbocycles. The molecule has 1 aliphatic heterocycles. The Balaban J connectivity index is 1.76. The molecule has 2 aromatic carbocycles. The number of hydrogen-bond acceptors (Lipinski definition) is 3. The average molecular weight is 479 g/mol. The standard InChI is InChI=1S/C24H29ClFN3O2S/c1-4-28(5-2)13-16(3)12-27-24(31)17-9-10-22-21(11-17)29(23(30)15-32-22)14-18-19(25)7-6-8-20(18)26/h6-11,16H,4-5,12-15H2,1-3H3,(H,27,31)/p+1. The molecule has 0 bridgehead atoms. The van der Waals surface area contributed by atoms with Gasteiger partial charge in [0.2, 0.25) is 5.91 Å². The molecule has 0 radical (unpaired) electrons. The highest BCUT2D eigenvalue weighted by atomic mass is 35.5. The van der Waals surface area contributed by atoms with Crippen LogP contribution in [0.15, 0.2) is 41.3 Å². The molecule has 0 fully saturated rings. The smallest absolute Gasteiger partial charge is 0.251 e. The first kappa shape index (κ1) is 24.6. The molecule has 0 aromatic heterocycles. The van der Waals surface area contributed by atoms with Crippen LogP contribution in [0.4, 0.5) is 10.1 Å². The third kappa shape index (κ3) is 5.82. The van der Waals surface area contributed by atoms with E-state index in [1.165, 1.54) is 33.7 Å². The highest BCUT2D eigenvalue weighted by Gasteiger charge is 2.27. The maximum absolute atomic E-state index is 14.3. The first-order chi connectivity index (χ1) is 15.3. The Bertz CT molecular complexity index is 963. The first-order valence-corrected chi connectivity index (χ1v) is 12.3. The number of amides is 2. The molecule has 1 heterocycles. The van der Waals surface area contributed by atoms with E-state index in [1.807, 2.05) is 6.07 Å². The van der Waals surface area contributed by atoms with Crippen molar-refractivity contribution in [3.8, 4) is 0 Å². The molecule has 2 aromatic rings. The van der Waals surface area contributed by atoms with E-state index < -0.39 is 5.82 Å². The Labute approximate surface area is 198 Å². The van der Waals surface area contributed by atoms with Crippen molar-refractivity contribution in [1.82, 2.24) is 5.32 Å². The van der Waals surface area contributed by atoms with E-state index in [-0.39, 0.29) is 34.7 Å². The fourth-order valence-electron chi connectivity index (χ4n) is 3.83. The van der Waals surface area contributed by atoms with Gasteiger partial charge >= 0.3 is 0 Å². The van der Waals surface area contributed by atoms with Gasteiger partial charge in [0.05, 0.1) is 37.6 Å². The maximum atomic E-state index is 14.3. The van der Waals surface area contributed by atoms with Crippen LogP contribution in [0.3, 0.4) is 0 Å². The highest BCUT2D eigenvalue weighted by molar-refractivity contribution is 8.00. The number of hydrogen-bond donors (Lipinski definition) is 2. The number of nitrogens with one attached hydrogen (secondary N) is 2. The van der Waals surface area contributed by atoms with Crippen LogP contribution in [0.5, 0.6) is 0 Å². The molecule has 2 N–H and O–H groups in total. The molecule has 32 heavy (non-hydrogen) atoms. The summed E-state index contributed by atoms with van der Waals surface area (Å²) in [7, 11) is 0. The van der Waals surface area contributed by atoms with E-state index in [0.717, 1.165) is 24.5 Å². The minimum Gasteiger partial charge on any atom is -0.352 e. The van der Waals surface area contributed by atoms with Crippen molar-refractivity contribution in [2.24, 2.45) is 5.92 Å². The van der Waals surface area contributed by atoms with Gasteiger partial charge in [0.25, 0.3) is 5.91 Å². The van der Waals surface area contributed by atoms with E-state index in [4.69, 9.17) is 11.6 Å². The molecule has 3 rings (SSSR count). The molecule has 5 nitrogen and oxygen atoms in total. The number of thioether (sulfide) groups is 1. The second kappa shape index (κ2) is 11.2. The van der Waals surface area contributed by atoms with Gasteiger partial charge in [-0.05, 0) is 44.2 Å². The summed E-state index contributed by atoms with van der Waals surface area (Å²) in [4.78, 5) is 29.4. The van der Waals surface area contributed by atoms with Crippen molar-refractivity contribution in [2.45, 2.75) is 32.2 Å². The molecule has 0 aliphatic carbocycles. The third-order valence-electron chi connectivity index (χ3n) is 5.79. The Morgan fingerprint density at radius 1 is 1.28 bits per heavy atom. The lowest BCUT2D eigenvalue weighted by atomic mass is 10.1. The van der Waals surface area contributed by atoms with Crippen LogP contribution in [0.1, 0.15) is 36.7 Å². The molecule has 0 saturated heterocycles. The Morgan fingerprint density at radius 2 is 2.03 bits per heavy atom. The van der Waals surface area contributed by atoms with Gasteiger partial charge < -0.3 is 15.1 Å². The van der Waals surface area contributed by atoms with E-state index >= 15 is 0 Å². The van der Waals surface area contributed by atoms with Crippen molar-refractivity contribution in [3.63, 3.8) is 0 Å². The lowest BCUT2D eigenvalue weighted by Gasteiger charge is -2.30. The van der Waals surface area contributed by atoms with Gasteiger partial charge in [0, 0.05) is 33.5 Å². The van der Waals surface area contributed by atoms with Crippen molar-refractivity contribution < 1.29 is 18.9 Å². The minimum atomic E-state index is -0.455. The zero-order valence-electron chi connectivity index (χ0n) is 18.7. The van der Waals surface area contributed by atoms with Crippen molar-refractivity contribution in [2.75, 3.05) is 36.8 Å². The fourth-order valence-corrected chi connectivity index (χ4v) is 4.97. The number of nitrogens with zero attached hydrogens (tertiary/aromatic N) is 1. The number of fused-ring (bicyclic) bond motifs is 1. The quantitative estimate of drug-likeness (QED) is 0.580. The third-order valence-corrected chi connectivity index (χ3v) is 7.19. The fraction of sp³-hybridized carbons (Fsp3) is 0.417. The summed E-state index contributed by atoms with van der Waals surface area (Å²) in [6.45, 7) is 10.2. The average Bonchev–Trinajstić information content (AvgIpc) is 2.79. The van der Waals surface area contributed by atoms with Gasteiger partial charge in [-0.1, -0.05) is 24.6 Å². The zero-order chi connectivity index (χ0) is 23.3. The van der Waals surface area contributed by atoms with Crippen molar-refractivity contribution in [1.29, 1.82) is 0 Å². The lowest BCUT2D eigenvalue weighted by Crippen LogP contribution is -3.12. The summed E-state index contributed by atoms with van der Waals surface area (Å²) in [5.74, 6) is -0.168. The summed E-state index contributed by atoms with van der Waals surface area (Å²) in [6.07, 6.45) is 0. The molecule has 8 heteroatoms.